The molecular formula is C22H30N2O4S. The van der Waals surface area contributed by atoms with E-state index in [0.29, 0.717) is 17.9 Å². The fourth-order valence-corrected chi connectivity index (χ4v) is 4.20. The largest absolute Gasteiger partial charge is 0.497 e. The molecule has 0 aliphatic heterocycles. The van der Waals surface area contributed by atoms with Crippen LogP contribution in [0.4, 0.5) is 5.69 Å². The van der Waals surface area contributed by atoms with Crippen LogP contribution in [0.1, 0.15) is 42.5 Å². The zero-order valence-electron chi connectivity index (χ0n) is 17.7. The van der Waals surface area contributed by atoms with Crippen molar-refractivity contribution < 1.29 is 17.9 Å². The highest BCUT2D eigenvalue weighted by Gasteiger charge is 2.18. The molecule has 2 rings (SSSR count). The minimum absolute atomic E-state index is 0.0958. The summed E-state index contributed by atoms with van der Waals surface area (Å²) < 4.78 is 30.8. The number of methoxy groups -OCH3 is 1. The second kappa shape index (κ2) is 9.78. The number of benzene rings is 2. The molecule has 1 N–H and O–H groups in total. The first-order valence-corrected chi connectivity index (χ1v) is 11.4. The standard InChI is InChI=1S/C22H30N2O4S/c1-16-8-9-17(2)21(15-16)18(3)23-22(25)7-6-14-24(29(5,26)27)19-10-12-20(28-4)13-11-19/h8-13,15,18H,6-7,14H2,1-5H3,(H,23,25)/t18-/m1/s1. The van der Waals surface area contributed by atoms with Crippen LogP contribution in [0.3, 0.4) is 0 Å². The van der Waals surface area contributed by atoms with Crippen LogP contribution in [0.25, 0.3) is 0 Å². The average molecular weight is 419 g/mol. The second-order valence-electron chi connectivity index (χ2n) is 7.29. The van der Waals surface area contributed by atoms with Gasteiger partial charge in [-0.25, -0.2) is 8.42 Å². The van der Waals surface area contributed by atoms with Crippen molar-refractivity contribution in [2.24, 2.45) is 0 Å². The van der Waals surface area contributed by atoms with E-state index >= 15 is 0 Å². The molecule has 0 saturated carbocycles. The molecule has 6 nitrogen and oxygen atoms in total. The number of rotatable bonds is 9. The summed E-state index contributed by atoms with van der Waals surface area (Å²) in [4.78, 5) is 12.4. The predicted molar refractivity (Wildman–Crippen MR) is 117 cm³/mol. The van der Waals surface area contributed by atoms with Crippen molar-refractivity contribution in [3.63, 3.8) is 0 Å². The van der Waals surface area contributed by atoms with Crippen LogP contribution in [-0.2, 0) is 14.8 Å². The molecule has 0 heterocycles. The van der Waals surface area contributed by atoms with E-state index in [1.807, 2.05) is 32.9 Å². The van der Waals surface area contributed by atoms with Gasteiger partial charge in [-0.05, 0) is 62.6 Å². The number of carbonyl (C=O) groups is 1. The van der Waals surface area contributed by atoms with Crippen molar-refractivity contribution in [1.82, 2.24) is 5.32 Å². The Hall–Kier alpha value is -2.54. The van der Waals surface area contributed by atoms with Crippen LogP contribution in [0.5, 0.6) is 5.75 Å². The van der Waals surface area contributed by atoms with Crippen molar-refractivity contribution >= 4 is 21.6 Å². The number of sulfonamides is 1. The topological polar surface area (TPSA) is 75.7 Å². The van der Waals surface area contributed by atoms with Crippen molar-refractivity contribution in [2.75, 3.05) is 24.2 Å². The Labute approximate surface area is 173 Å². The van der Waals surface area contributed by atoms with E-state index < -0.39 is 10.0 Å². The molecule has 0 radical (unpaired) electrons. The number of hydrogen-bond donors (Lipinski definition) is 1. The monoisotopic (exact) mass is 418 g/mol. The van der Waals surface area contributed by atoms with Crippen LogP contribution in [0.15, 0.2) is 42.5 Å². The first kappa shape index (κ1) is 22.7. The van der Waals surface area contributed by atoms with Gasteiger partial charge in [0.25, 0.3) is 0 Å². The van der Waals surface area contributed by atoms with E-state index in [-0.39, 0.29) is 24.9 Å². The van der Waals surface area contributed by atoms with Crippen LogP contribution >= 0.6 is 0 Å². The highest BCUT2D eigenvalue weighted by molar-refractivity contribution is 7.92. The van der Waals surface area contributed by atoms with Crippen LogP contribution in [-0.4, -0.2) is 34.2 Å². The van der Waals surface area contributed by atoms with Gasteiger partial charge in [-0.2, -0.15) is 0 Å². The molecule has 1 amide bonds. The minimum Gasteiger partial charge on any atom is -0.497 e. The van der Waals surface area contributed by atoms with Gasteiger partial charge in [-0.1, -0.05) is 23.8 Å². The molecule has 0 aromatic heterocycles. The van der Waals surface area contributed by atoms with E-state index in [1.165, 1.54) is 10.6 Å². The molecular weight excluding hydrogens is 388 g/mol. The summed E-state index contributed by atoms with van der Waals surface area (Å²) in [6, 6.07) is 12.9. The Balaban J connectivity index is 1.96. The summed E-state index contributed by atoms with van der Waals surface area (Å²) in [5.74, 6) is 0.559. The van der Waals surface area contributed by atoms with Gasteiger partial charge in [0.1, 0.15) is 5.75 Å². The third-order valence-electron chi connectivity index (χ3n) is 4.80. The fraction of sp³-hybridized carbons (Fsp3) is 0.409. The lowest BCUT2D eigenvalue weighted by molar-refractivity contribution is -0.121. The van der Waals surface area contributed by atoms with Gasteiger partial charge >= 0.3 is 0 Å². The smallest absolute Gasteiger partial charge is 0.232 e. The number of hydrogen-bond acceptors (Lipinski definition) is 4. The quantitative estimate of drug-likeness (QED) is 0.673. The third kappa shape index (κ3) is 6.49. The zero-order chi connectivity index (χ0) is 21.6. The highest BCUT2D eigenvalue weighted by atomic mass is 32.2. The summed E-state index contributed by atoms with van der Waals surface area (Å²) in [6.07, 6.45) is 1.84. The zero-order valence-corrected chi connectivity index (χ0v) is 18.5. The molecule has 0 unspecified atom stereocenters. The minimum atomic E-state index is -3.45. The van der Waals surface area contributed by atoms with Gasteiger partial charge < -0.3 is 10.1 Å². The number of amides is 1. The third-order valence-corrected chi connectivity index (χ3v) is 6.00. The fourth-order valence-electron chi connectivity index (χ4n) is 3.24. The van der Waals surface area contributed by atoms with Crippen molar-refractivity contribution in [2.45, 2.75) is 39.7 Å². The molecule has 7 heteroatoms. The summed E-state index contributed by atoms with van der Waals surface area (Å²) in [5.41, 5.74) is 3.92. The molecule has 0 aliphatic rings. The van der Waals surface area contributed by atoms with Crippen molar-refractivity contribution in [3.8, 4) is 5.75 Å². The number of nitrogens with one attached hydrogen (secondary N) is 1. The van der Waals surface area contributed by atoms with Gasteiger partial charge in [0, 0.05) is 13.0 Å². The van der Waals surface area contributed by atoms with Crippen molar-refractivity contribution in [3.05, 3.63) is 59.2 Å². The Bertz CT molecular complexity index is 940. The molecule has 0 saturated heterocycles. The summed E-state index contributed by atoms with van der Waals surface area (Å²) >= 11 is 0. The average Bonchev–Trinajstić information content (AvgIpc) is 2.66. The lowest BCUT2D eigenvalue weighted by Gasteiger charge is -2.23. The predicted octanol–water partition coefficient (Wildman–Crippen LogP) is 3.74. The Morgan fingerprint density at radius 2 is 1.79 bits per heavy atom. The lowest BCUT2D eigenvalue weighted by atomic mass is 10.00. The first-order chi connectivity index (χ1) is 13.6. The molecule has 0 fully saturated rings. The summed E-state index contributed by atoms with van der Waals surface area (Å²) in [6.45, 7) is 6.24. The molecule has 2 aromatic rings. The van der Waals surface area contributed by atoms with E-state index in [9.17, 15) is 13.2 Å². The maximum absolute atomic E-state index is 12.4. The van der Waals surface area contributed by atoms with Gasteiger partial charge in [-0.3, -0.25) is 9.10 Å². The highest BCUT2D eigenvalue weighted by Crippen LogP contribution is 2.22. The van der Waals surface area contributed by atoms with E-state index in [2.05, 4.69) is 11.4 Å². The van der Waals surface area contributed by atoms with E-state index in [0.717, 1.165) is 16.7 Å². The number of anilines is 1. The molecule has 2 aromatic carbocycles. The number of nitrogens with zero attached hydrogens (tertiary/aromatic N) is 1. The maximum atomic E-state index is 12.4. The van der Waals surface area contributed by atoms with Crippen LogP contribution < -0.4 is 14.4 Å². The van der Waals surface area contributed by atoms with Crippen LogP contribution in [0.2, 0.25) is 0 Å². The van der Waals surface area contributed by atoms with Gasteiger partial charge in [-0.15, -0.1) is 0 Å². The Kier molecular flexibility index (Phi) is 7.67. The summed E-state index contributed by atoms with van der Waals surface area (Å²) in [7, 11) is -1.89. The molecule has 158 valence electrons. The Morgan fingerprint density at radius 1 is 1.14 bits per heavy atom. The van der Waals surface area contributed by atoms with E-state index in [1.54, 1.807) is 31.4 Å². The van der Waals surface area contributed by atoms with Gasteiger partial charge in [0.15, 0.2) is 0 Å². The lowest BCUT2D eigenvalue weighted by Crippen LogP contribution is -2.32. The van der Waals surface area contributed by atoms with Crippen molar-refractivity contribution in [1.29, 1.82) is 0 Å². The van der Waals surface area contributed by atoms with Gasteiger partial charge in [0.05, 0.1) is 25.1 Å². The molecule has 0 bridgehead atoms. The van der Waals surface area contributed by atoms with E-state index in [4.69, 9.17) is 4.74 Å². The molecule has 1 atom stereocenters. The Morgan fingerprint density at radius 3 is 2.38 bits per heavy atom. The number of aryl methyl sites for hydroxylation is 2. The maximum Gasteiger partial charge on any atom is 0.232 e. The summed E-state index contributed by atoms with van der Waals surface area (Å²) in [5, 5.41) is 3.01. The number of ether oxygens (including phenoxy) is 1. The molecule has 0 aliphatic carbocycles. The second-order valence-corrected chi connectivity index (χ2v) is 9.19. The molecule has 0 spiro atoms. The molecule has 29 heavy (non-hydrogen) atoms. The first-order valence-electron chi connectivity index (χ1n) is 9.60. The van der Waals surface area contributed by atoms with Gasteiger partial charge in [0.2, 0.25) is 15.9 Å². The normalized spacial score (nSPS) is 12.3. The SMILES string of the molecule is COc1ccc(N(CCCC(=O)N[C@H](C)c2cc(C)ccc2C)S(C)(=O)=O)cc1. The number of carbonyl (C=O) groups excluding carboxylic acids is 1. The van der Waals surface area contributed by atoms with Crippen LogP contribution in [0, 0.1) is 13.8 Å².